The highest BCUT2D eigenvalue weighted by molar-refractivity contribution is 5.75. The molecular weight excluding hydrogens is 286 g/mol. The summed E-state index contributed by atoms with van der Waals surface area (Å²) in [5.41, 5.74) is 0.304. The van der Waals surface area contributed by atoms with Crippen LogP contribution < -0.4 is 5.32 Å². The van der Waals surface area contributed by atoms with Crippen LogP contribution in [0, 0.1) is 0 Å². The third-order valence-electron chi connectivity index (χ3n) is 2.92. The van der Waals surface area contributed by atoms with E-state index in [1.165, 1.54) is 0 Å². The number of ether oxygens (including phenoxy) is 1. The summed E-state index contributed by atoms with van der Waals surface area (Å²) < 4.78 is 5.10. The van der Waals surface area contributed by atoms with Crippen molar-refractivity contribution in [3.8, 4) is 0 Å². The summed E-state index contributed by atoms with van der Waals surface area (Å²) in [6.07, 6.45) is -1.61. The maximum absolute atomic E-state index is 11.8. The lowest BCUT2D eigenvalue weighted by Crippen LogP contribution is -2.48. The minimum Gasteiger partial charge on any atom is -0.479 e. The number of hydrogen-bond donors (Lipinski definition) is 3. The van der Waals surface area contributed by atoms with Gasteiger partial charge >= 0.3 is 12.1 Å². The zero-order valence-electron chi connectivity index (χ0n) is 13.1. The lowest BCUT2D eigenvalue weighted by atomic mass is 10.0. The number of aryl methyl sites for hydroxylation is 1. The van der Waals surface area contributed by atoms with Crippen molar-refractivity contribution in [1.29, 1.82) is 0 Å². The fourth-order valence-electron chi connectivity index (χ4n) is 1.91. The normalized spacial score (nSPS) is 14.0. The fraction of sp³-hybridized carbons (Fsp3) is 0.500. The van der Waals surface area contributed by atoms with E-state index in [0.29, 0.717) is 6.42 Å². The van der Waals surface area contributed by atoms with Gasteiger partial charge in [0.2, 0.25) is 0 Å². The molecule has 0 spiro atoms. The van der Waals surface area contributed by atoms with Gasteiger partial charge in [-0.25, -0.2) is 9.59 Å². The summed E-state index contributed by atoms with van der Waals surface area (Å²) in [5.74, 6) is -1.38. The maximum Gasteiger partial charge on any atom is 0.407 e. The Labute approximate surface area is 130 Å². The van der Waals surface area contributed by atoms with Crippen molar-refractivity contribution in [3.63, 3.8) is 0 Å². The van der Waals surface area contributed by atoms with E-state index in [2.05, 4.69) is 5.32 Å². The van der Waals surface area contributed by atoms with Gasteiger partial charge < -0.3 is 20.3 Å². The van der Waals surface area contributed by atoms with Gasteiger partial charge in [-0.3, -0.25) is 0 Å². The molecule has 1 rings (SSSR count). The van der Waals surface area contributed by atoms with E-state index in [1.54, 1.807) is 20.8 Å². The van der Waals surface area contributed by atoms with E-state index in [4.69, 9.17) is 9.84 Å². The van der Waals surface area contributed by atoms with Gasteiger partial charge in [-0.05, 0) is 39.2 Å². The van der Waals surface area contributed by atoms with Crippen LogP contribution in [0.3, 0.4) is 0 Å². The number of benzene rings is 1. The second kappa shape index (κ2) is 7.79. The number of carboxylic acids is 1. The number of hydrogen-bond acceptors (Lipinski definition) is 4. The molecule has 1 aromatic rings. The average Bonchev–Trinajstić information content (AvgIpc) is 2.41. The van der Waals surface area contributed by atoms with E-state index in [-0.39, 0.29) is 6.42 Å². The SMILES string of the molecule is CC(C)(C)OC(=O)N[C@@H](CCc1ccccc1)C(O)C(=O)O. The van der Waals surface area contributed by atoms with Crippen LogP contribution >= 0.6 is 0 Å². The highest BCUT2D eigenvalue weighted by atomic mass is 16.6. The molecule has 0 bridgehead atoms. The predicted molar refractivity (Wildman–Crippen MR) is 81.6 cm³/mol. The molecule has 1 amide bonds. The smallest absolute Gasteiger partial charge is 0.407 e. The van der Waals surface area contributed by atoms with Crippen LogP contribution in [-0.4, -0.2) is 40.0 Å². The summed E-state index contributed by atoms with van der Waals surface area (Å²) in [6.45, 7) is 5.12. The summed E-state index contributed by atoms with van der Waals surface area (Å²) in [7, 11) is 0. The number of carbonyl (C=O) groups excluding carboxylic acids is 1. The van der Waals surface area contributed by atoms with Crippen LogP contribution in [-0.2, 0) is 16.0 Å². The molecular formula is C16H23NO5. The highest BCUT2D eigenvalue weighted by Gasteiger charge is 2.28. The van der Waals surface area contributed by atoms with Gasteiger partial charge in [-0.2, -0.15) is 0 Å². The Morgan fingerprint density at radius 2 is 1.82 bits per heavy atom. The van der Waals surface area contributed by atoms with Crippen molar-refractivity contribution in [2.75, 3.05) is 0 Å². The molecule has 6 nitrogen and oxygen atoms in total. The summed E-state index contributed by atoms with van der Waals surface area (Å²) in [4.78, 5) is 22.7. The summed E-state index contributed by atoms with van der Waals surface area (Å²) >= 11 is 0. The zero-order valence-corrected chi connectivity index (χ0v) is 13.1. The van der Waals surface area contributed by atoms with Gasteiger partial charge in [0.05, 0.1) is 6.04 Å². The van der Waals surface area contributed by atoms with Crippen molar-refractivity contribution < 1.29 is 24.5 Å². The number of rotatable bonds is 6. The van der Waals surface area contributed by atoms with Crippen molar-refractivity contribution >= 4 is 12.1 Å². The minimum absolute atomic E-state index is 0.288. The number of nitrogens with one attached hydrogen (secondary N) is 1. The van der Waals surface area contributed by atoms with E-state index in [9.17, 15) is 14.7 Å². The first-order valence-electron chi connectivity index (χ1n) is 7.13. The number of carbonyl (C=O) groups is 2. The molecule has 0 aliphatic heterocycles. The van der Waals surface area contributed by atoms with Crippen LogP contribution in [0.25, 0.3) is 0 Å². The lowest BCUT2D eigenvalue weighted by molar-refractivity contribution is -0.148. The van der Waals surface area contributed by atoms with Crippen LogP contribution in [0.4, 0.5) is 4.79 Å². The van der Waals surface area contributed by atoms with Crippen LogP contribution in [0.5, 0.6) is 0 Å². The van der Waals surface area contributed by atoms with Gasteiger partial charge in [0.25, 0.3) is 0 Å². The van der Waals surface area contributed by atoms with Crippen LogP contribution in [0.2, 0.25) is 0 Å². The maximum atomic E-state index is 11.8. The highest BCUT2D eigenvalue weighted by Crippen LogP contribution is 2.11. The third kappa shape index (κ3) is 6.58. The Hall–Kier alpha value is -2.08. The second-order valence-corrected chi connectivity index (χ2v) is 6.06. The quantitative estimate of drug-likeness (QED) is 0.746. The molecule has 0 saturated heterocycles. The zero-order chi connectivity index (χ0) is 16.8. The number of aliphatic carboxylic acids is 1. The number of aliphatic hydroxyl groups excluding tert-OH is 1. The molecule has 0 saturated carbocycles. The average molecular weight is 309 g/mol. The molecule has 0 fully saturated rings. The lowest BCUT2D eigenvalue weighted by Gasteiger charge is -2.25. The number of aliphatic hydroxyl groups is 1. The fourth-order valence-corrected chi connectivity index (χ4v) is 1.91. The second-order valence-electron chi connectivity index (χ2n) is 6.06. The minimum atomic E-state index is -1.68. The Balaban J connectivity index is 2.68. The number of carboxylic acid groups (broad SMARTS) is 1. The van der Waals surface area contributed by atoms with Gasteiger partial charge in [-0.15, -0.1) is 0 Å². The molecule has 3 N–H and O–H groups in total. The monoisotopic (exact) mass is 309 g/mol. The Bertz CT molecular complexity index is 495. The largest absolute Gasteiger partial charge is 0.479 e. The molecule has 0 heterocycles. The molecule has 1 aromatic carbocycles. The van der Waals surface area contributed by atoms with E-state index < -0.39 is 29.8 Å². The molecule has 1 unspecified atom stereocenters. The Kier molecular flexibility index (Phi) is 6.37. The molecule has 6 heteroatoms. The predicted octanol–water partition coefficient (Wildman–Crippen LogP) is 1.96. The van der Waals surface area contributed by atoms with Crippen molar-refractivity contribution in [1.82, 2.24) is 5.32 Å². The molecule has 122 valence electrons. The van der Waals surface area contributed by atoms with Gasteiger partial charge in [0.1, 0.15) is 5.60 Å². The standard InChI is InChI=1S/C16H23NO5/c1-16(2,3)22-15(21)17-12(13(18)14(19)20)10-9-11-7-5-4-6-8-11/h4-8,12-13,18H,9-10H2,1-3H3,(H,17,21)(H,19,20)/t12-,13?/m0/s1. The van der Waals surface area contributed by atoms with Gasteiger partial charge in [0, 0.05) is 0 Å². The topological polar surface area (TPSA) is 95.9 Å². The molecule has 2 atom stereocenters. The Morgan fingerprint density at radius 3 is 2.32 bits per heavy atom. The van der Waals surface area contributed by atoms with Gasteiger partial charge in [0.15, 0.2) is 6.10 Å². The summed E-state index contributed by atoms with van der Waals surface area (Å²) in [5, 5.41) is 21.1. The molecule has 0 aromatic heterocycles. The molecule has 0 aliphatic carbocycles. The first kappa shape index (κ1) is 18.0. The number of amides is 1. The molecule has 22 heavy (non-hydrogen) atoms. The van der Waals surface area contributed by atoms with E-state index in [1.807, 2.05) is 30.3 Å². The van der Waals surface area contributed by atoms with Crippen molar-refractivity contribution in [2.45, 2.75) is 51.4 Å². The number of alkyl carbamates (subject to hydrolysis) is 1. The van der Waals surface area contributed by atoms with Crippen LogP contribution in [0.1, 0.15) is 32.8 Å². The molecule has 0 radical (unpaired) electrons. The molecule has 0 aliphatic rings. The summed E-state index contributed by atoms with van der Waals surface area (Å²) in [6, 6.07) is 8.51. The first-order valence-corrected chi connectivity index (χ1v) is 7.13. The van der Waals surface area contributed by atoms with E-state index in [0.717, 1.165) is 5.56 Å². The first-order chi connectivity index (χ1) is 10.2. The third-order valence-corrected chi connectivity index (χ3v) is 2.92. The van der Waals surface area contributed by atoms with Gasteiger partial charge in [-0.1, -0.05) is 30.3 Å². The van der Waals surface area contributed by atoms with Crippen molar-refractivity contribution in [2.24, 2.45) is 0 Å². The van der Waals surface area contributed by atoms with E-state index >= 15 is 0 Å². The Morgan fingerprint density at radius 1 is 1.23 bits per heavy atom. The van der Waals surface area contributed by atoms with Crippen LogP contribution in [0.15, 0.2) is 30.3 Å². The van der Waals surface area contributed by atoms with Crippen molar-refractivity contribution in [3.05, 3.63) is 35.9 Å².